The SMILES string of the molecule is CC.CCC1N(Cc2cccc(C)c2)C2C(=O)OCC12N. The van der Waals surface area contributed by atoms with E-state index in [0.29, 0.717) is 6.61 Å². The number of likely N-dealkylation sites (tertiary alicyclic amines) is 1. The van der Waals surface area contributed by atoms with E-state index in [9.17, 15) is 4.79 Å². The average molecular weight is 290 g/mol. The lowest BCUT2D eigenvalue weighted by atomic mass is 9.73. The summed E-state index contributed by atoms with van der Waals surface area (Å²) < 4.78 is 5.16. The normalized spacial score (nSPS) is 30.8. The highest BCUT2D eigenvalue weighted by Gasteiger charge is 2.65. The third kappa shape index (κ3) is 2.58. The van der Waals surface area contributed by atoms with Gasteiger partial charge in [0.25, 0.3) is 0 Å². The predicted molar refractivity (Wildman–Crippen MR) is 83.8 cm³/mol. The van der Waals surface area contributed by atoms with Gasteiger partial charge in [0.2, 0.25) is 0 Å². The van der Waals surface area contributed by atoms with Gasteiger partial charge in [0.15, 0.2) is 0 Å². The van der Waals surface area contributed by atoms with Crippen molar-refractivity contribution in [3.05, 3.63) is 35.4 Å². The van der Waals surface area contributed by atoms with Crippen LogP contribution in [0.15, 0.2) is 24.3 Å². The Bertz CT molecular complexity index is 517. The fourth-order valence-corrected chi connectivity index (χ4v) is 3.54. The lowest BCUT2D eigenvalue weighted by Gasteiger charge is -2.56. The van der Waals surface area contributed by atoms with Crippen LogP contribution in [0.1, 0.15) is 38.3 Å². The van der Waals surface area contributed by atoms with E-state index in [1.165, 1.54) is 11.1 Å². The number of hydrogen-bond donors (Lipinski definition) is 1. The number of rotatable bonds is 3. The zero-order chi connectivity index (χ0) is 15.6. The highest BCUT2D eigenvalue weighted by Crippen LogP contribution is 2.42. The standard InChI is InChI=1S/C15H20N2O2.C2H6/c1-3-12-15(16)9-19-14(18)13(15)17(12)8-11-6-4-5-10(2)7-11;1-2/h4-7,12-13H,3,8-9,16H2,1-2H3;1-2H3. The largest absolute Gasteiger partial charge is 0.462 e. The molecule has 0 aromatic heterocycles. The molecule has 2 heterocycles. The molecular formula is C17H26N2O2. The molecule has 4 nitrogen and oxygen atoms in total. The number of cyclic esters (lactones) is 1. The zero-order valence-corrected chi connectivity index (χ0v) is 13.4. The van der Waals surface area contributed by atoms with E-state index in [4.69, 9.17) is 10.5 Å². The van der Waals surface area contributed by atoms with Crippen molar-refractivity contribution in [1.29, 1.82) is 0 Å². The molecule has 2 N–H and O–H groups in total. The third-order valence-electron chi connectivity index (χ3n) is 4.38. The monoisotopic (exact) mass is 290 g/mol. The fraction of sp³-hybridized carbons (Fsp3) is 0.588. The molecule has 0 radical (unpaired) electrons. The van der Waals surface area contributed by atoms with E-state index < -0.39 is 5.54 Å². The number of nitrogens with two attached hydrogens (primary N) is 1. The molecule has 116 valence electrons. The summed E-state index contributed by atoms with van der Waals surface area (Å²) in [5.74, 6) is -0.167. The Labute approximate surface area is 127 Å². The van der Waals surface area contributed by atoms with Gasteiger partial charge in [0.05, 0.1) is 5.54 Å². The molecule has 3 rings (SSSR count). The molecule has 2 aliphatic heterocycles. The minimum atomic E-state index is -0.477. The lowest BCUT2D eigenvalue weighted by Crippen LogP contribution is -2.80. The molecule has 0 spiro atoms. The molecule has 0 saturated carbocycles. The van der Waals surface area contributed by atoms with Crippen molar-refractivity contribution in [2.45, 2.75) is 58.3 Å². The second-order valence-electron chi connectivity index (χ2n) is 5.71. The first-order chi connectivity index (χ1) is 10.1. The van der Waals surface area contributed by atoms with Gasteiger partial charge in [0, 0.05) is 12.6 Å². The number of esters is 1. The maximum atomic E-state index is 11.8. The van der Waals surface area contributed by atoms with E-state index >= 15 is 0 Å². The first-order valence-corrected chi connectivity index (χ1v) is 7.83. The first-order valence-electron chi connectivity index (χ1n) is 7.83. The van der Waals surface area contributed by atoms with Crippen LogP contribution in [-0.4, -0.2) is 35.1 Å². The number of nitrogens with zero attached hydrogens (tertiary/aromatic N) is 1. The van der Waals surface area contributed by atoms with Gasteiger partial charge < -0.3 is 10.5 Å². The topological polar surface area (TPSA) is 55.6 Å². The molecule has 1 aromatic rings. The highest BCUT2D eigenvalue weighted by molar-refractivity contribution is 5.82. The molecule has 0 aliphatic carbocycles. The Morgan fingerprint density at radius 1 is 1.43 bits per heavy atom. The second-order valence-corrected chi connectivity index (χ2v) is 5.71. The van der Waals surface area contributed by atoms with Gasteiger partial charge in [-0.05, 0) is 18.9 Å². The molecule has 1 aromatic carbocycles. The Morgan fingerprint density at radius 2 is 2.14 bits per heavy atom. The van der Waals surface area contributed by atoms with Gasteiger partial charge in [-0.2, -0.15) is 0 Å². The molecular weight excluding hydrogens is 264 g/mol. The Balaban J connectivity index is 0.000000774. The summed E-state index contributed by atoms with van der Waals surface area (Å²) in [5.41, 5.74) is 8.32. The van der Waals surface area contributed by atoms with Gasteiger partial charge >= 0.3 is 5.97 Å². The van der Waals surface area contributed by atoms with Crippen LogP contribution in [0.4, 0.5) is 0 Å². The number of ether oxygens (including phenoxy) is 1. The molecule has 21 heavy (non-hydrogen) atoms. The van der Waals surface area contributed by atoms with Crippen molar-refractivity contribution < 1.29 is 9.53 Å². The molecule has 2 aliphatic rings. The van der Waals surface area contributed by atoms with E-state index in [-0.39, 0.29) is 18.1 Å². The summed E-state index contributed by atoms with van der Waals surface area (Å²) in [5, 5.41) is 0. The van der Waals surface area contributed by atoms with Gasteiger partial charge in [-0.15, -0.1) is 0 Å². The Morgan fingerprint density at radius 3 is 2.76 bits per heavy atom. The van der Waals surface area contributed by atoms with Crippen molar-refractivity contribution in [2.24, 2.45) is 5.73 Å². The minimum Gasteiger partial charge on any atom is -0.462 e. The van der Waals surface area contributed by atoms with Crippen LogP contribution in [-0.2, 0) is 16.1 Å². The maximum absolute atomic E-state index is 11.8. The Kier molecular flexibility index (Phi) is 4.69. The summed E-state index contributed by atoms with van der Waals surface area (Å²) in [6.45, 7) is 9.31. The van der Waals surface area contributed by atoms with Crippen LogP contribution in [0, 0.1) is 6.92 Å². The van der Waals surface area contributed by atoms with E-state index in [1.807, 2.05) is 19.9 Å². The van der Waals surface area contributed by atoms with Crippen molar-refractivity contribution >= 4 is 5.97 Å². The summed E-state index contributed by atoms with van der Waals surface area (Å²) in [6.07, 6.45) is 0.940. The number of hydrogen-bond acceptors (Lipinski definition) is 4. The Hall–Kier alpha value is -1.39. The summed E-state index contributed by atoms with van der Waals surface area (Å²) in [6, 6.07) is 8.34. The van der Waals surface area contributed by atoms with Crippen LogP contribution in [0.5, 0.6) is 0 Å². The van der Waals surface area contributed by atoms with Crippen molar-refractivity contribution in [3.63, 3.8) is 0 Å². The first kappa shape index (κ1) is 16.0. The number of carbonyl (C=O) groups excluding carboxylic acids is 1. The van der Waals surface area contributed by atoms with Gasteiger partial charge in [0.1, 0.15) is 12.6 Å². The quantitative estimate of drug-likeness (QED) is 0.867. The average Bonchev–Trinajstić information content (AvgIpc) is 2.72. The number of carbonyl (C=O) groups is 1. The maximum Gasteiger partial charge on any atom is 0.325 e. The van der Waals surface area contributed by atoms with E-state index in [2.05, 4.69) is 36.9 Å². The van der Waals surface area contributed by atoms with Crippen molar-refractivity contribution in [2.75, 3.05) is 6.61 Å². The van der Waals surface area contributed by atoms with Crippen LogP contribution in [0.3, 0.4) is 0 Å². The summed E-state index contributed by atoms with van der Waals surface area (Å²) in [4.78, 5) is 14.0. The van der Waals surface area contributed by atoms with Crippen LogP contribution < -0.4 is 5.73 Å². The highest BCUT2D eigenvalue weighted by atomic mass is 16.5. The molecule has 2 fully saturated rings. The predicted octanol–water partition coefficient (Wildman–Crippen LogP) is 2.24. The molecule has 3 unspecified atom stereocenters. The lowest BCUT2D eigenvalue weighted by molar-refractivity contribution is -0.148. The van der Waals surface area contributed by atoms with E-state index in [1.54, 1.807) is 0 Å². The van der Waals surface area contributed by atoms with E-state index in [0.717, 1.165) is 13.0 Å². The molecule has 0 amide bonds. The van der Waals surface area contributed by atoms with Gasteiger partial charge in [-0.25, -0.2) is 0 Å². The number of aryl methyl sites for hydroxylation is 1. The third-order valence-corrected chi connectivity index (χ3v) is 4.38. The zero-order valence-electron chi connectivity index (χ0n) is 13.4. The smallest absolute Gasteiger partial charge is 0.325 e. The molecule has 3 atom stereocenters. The molecule has 0 bridgehead atoms. The molecule has 2 saturated heterocycles. The number of fused-ring (bicyclic) bond motifs is 1. The van der Waals surface area contributed by atoms with Crippen molar-refractivity contribution in [1.82, 2.24) is 4.90 Å². The second kappa shape index (κ2) is 6.16. The van der Waals surface area contributed by atoms with Crippen molar-refractivity contribution in [3.8, 4) is 0 Å². The number of benzene rings is 1. The van der Waals surface area contributed by atoms with Gasteiger partial charge in [-0.3, -0.25) is 9.69 Å². The van der Waals surface area contributed by atoms with Gasteiger partial charge in [-0.1, -0.05) is 50.6 Å². The summed E-state index contributed by atoms with van der Waals surface area (Å²) in [7, 11) is 0. The minimum absolute atomic E-state index is 0.167. The van der Waals surface area contributed by atoms with Crippen LogP contribution >= 0.6 is 0 Å². The van der Waals surface area contributed by atoms with Crippen LogP contribution in [0.25, 0.3) is 0 Å². The van der Waals surface area contributed by atoms with Crippen LogP contribution in [0.2, 0.25) is 0 Å². The summed E-state index contributed by atoms with van der Waals surface area (Å²) >= 11 is 0. The molecule has 4 heteroatoms. The fourth-order valence-electron chi connectivity index (χ4n) is 3.54.